The number of aliphatic hydroxyl groups excluding tert-OH is 2. The van der Waals surface area contributed by atoms with Gasteiger partial charge in [0.15, 0.2) is 0 Å². The first-order valence-electron chi connectivity index (χ1n) is 4.18. The van der Waals surface area contributed by atoms with Gasteiger partial charge in [-0.2, -0.15) is 0 Å². The molecular formula is C9H18O2. The van der Waals surface area contributed by atoms with Crippen LogP contribution in [-0.4, -0.2) is 23.4 Å². The van der Waals surface area contributed by atoms with Gasteiger partial charge < -0.3 is 10.2 Å². The van der Waals surface area contributed by atoms with Gasteiger partial charge in [-0.3, -0.25) is 0 Å². The number of rotatable bonds is 6. The van der Waals surface area contributed by atoms with Crippen LogP contribution in [0.25, 0.3) is 0 Å². The van der Waals surface area contributed by atoms with Crippen molar-refractivity contribution in [3.63, 3.8) is 0 Å². The maximum atomic E-state index is 8.66. The summed E-state index contributed by atoms with van der Waals surface area (Å²) < 4.78 is 0. The second-order valence-electron chi connectivity index (χ2n) is 2.86. The second-order valence-corrected chi connectivity index (χ2v) is 2.86. The molecule has 2 nitrogen and oxygen atoms in total. The second kappa shape index (κ2) is 7.76. The van der Waals surface area contributed by atoms with Crippen LogP contribution >= 0.6 is 0 Å². The highest BCUT2D eigenvalue weighted by molar-refractivity contribution is 4.82. The molecule has 0 aliphatic carbocycles. The van der Waals surface area contributed by atoms with E-state index >= 15 is 0 Å². The Morgan fingerprint density at radius 1 is 1.27 bits per heavy atom. The van der Waals surface area contributed by atoms with Crippen LogP contribution in [0.3, 0.4) is 0 Å². The molecule has 0 spiro atoms. The third kappa shape index (κ3) is 7.56. The van der Waals surface area contributed by atoms with E-state index in [0.29, 0.717) is 5.92 Å². The Morgan fingerprint density at radius 2 is 2.00 bits per heavy atom. The number of aliphatic hydroxyl groups is 2. The van der Waals surface area contributed by atoms with Crippen molar-refractivity contribution in [2.45, 2.75) is 26.2 Å². The summed E-state index contributed by atoms with van der Waals surface area (Å²) in [6.45, 7) is 2.53. The van der Waals surface area contributed by atoms with E-state index in [1.807, 2.05) is 6.92 Å². The molecule has 2 heteroatoms. The van der Waals surface area contributed by atoms with Gasteiger partial charge in [0.25, 0.3) is 0 Å². The minimum Gasteiger partial charge on any atom is -0.396 e. The Hall–Kier alpha value is -0.340. The summed E-state index contributed by atoms with van der Waals surface area (Å²) in [5, 5.41) is 17.1. The van der Waals surface area contributed by atoms with Gasteiger partial charge in [0.2, 0.25) is 0 Å². The predicted molar refractivity (Wildman–Crippen MR) is 46.3 cm³/mol. The van der Waals surface area contributed by atoms with E-state index in [1.165, 1.54) is 0 Å². The summed E-state index contributed by atoms with van der Waals surface area (Å²) >= 11 is 0. The molecule has 0 bridgehead atoms. The van der Waals surface area contributed by atoms with Crippen molar-refractivity contribution in [3.8, 4) is 0 Å². The molecule has 0 rings (SSSR count). The molecule has 2 N–H and O–H groups in total. The summed E-state index contributed by atoms with van der Waals surface area (Å²) in [4.78, 5) is 0. The maximum absolute atomic E-state index is 8.66. The fraction of sp³-hybridized carbons (Fsp3) is 0.778. The highest BCUT2D eigenvalue weighted by Crippen LogP contribution is 2.01. The number of hydrogen-bond acceptors (Lipinski definition) is 2. The minimum atomic E-state index is 0.254. The average Bonchev–Trinajstić information content (AvgIpc) is 2.04. The molecular weight excluding hydrogens is 140 g/mol. The Morgan fingerprint density at radius 3 is 2.55 bits per heavy atom. The SMILES string of the molecule is CC(CO)CC=CCCCO. The Balaban J connectivity index is 3.15. The lowest BCUT2D eigenvalue weighted by Crippen LogP contribution is -1.97. The van der Waals surface area contributed by atoms with Gasteiger partial charge >= 0.3 is 0 Å². The molecule has 0 aliphatic heterocycles. The van der Waals surface area contributed by atoms with Crippen LogP contribution < -0.4 is 0 Å². The zero-order valence-electron chi connectivity index (χ0n) is 7.16. The highest BCUT2D eigenvalue weighted by atomic mass is 16.3. The summed E-state index contributed by atoms with van der Waals surface area (Å²) in [5.41, 5.74) is 0. The zero-order chi connectivity index (χ0) is 8.53. The van der Waals surface area contributed by atoms with Crippen LogP contribution in [0.2, 0.25) is 0 Å². The first kappa shape index (κ1) is 10.7. The maximum Gasteiger partial charge on any atom is 0.0459 e. The number of hydrogen-bond donors (Lipinski definition) is 2. The van der Waals surface area contributed by atoms with Crippen molar-refractivity contribution in [2.75, 3.05) is 13.2 Å². The lowest BCUT2D eigenvalue weighted by atomic mass is 10.1. The number of unbranched alkanes of at least 4 members (excludes halogenated alkanes) is 1. The van der Waals surface area contributed by atoms with Crippen molar-refractivity contribution in [2.24, 2.45) is 5.92 Å². The monoisotopic (exact) mass is 158 g/mol. The molecule has 0 aromatic carbocycles. The standard InChI is InChI=1S/C9H18O2/c1-9(8-11)6-4-2-3-5-7-10/h2,4,9-11H,3,5-8H2,1H3. The molecule has 0 heterocycles. The van der Waals surface area contributed by atoms with Crippen LogP contribution in [0.15, 0.2) is 12.2 Å². The van der Waals surface area contributed by atoms with Crippen molar-refractivity contribution < 1.29 is 10.2 Å². The molecule has 0 aliphatic rings. The summed E-state index contributed by atoms with van der Waals surface area (Å²) in [6.07, 6.45) is 6.83. The van der Waals surface area contributed by atoms with E-state index in [-0.39, 0.29) is 13.2 Å². The topological polar surface area (TPSA) is 40.5 Å². The molecule has 0 fully saturated rings. The van der Waals surface area contributed by atoms with Gasteiger partial charge in [0.1, 0.15) is 0 Å². The zero-order valence-corrected chi connectivity index (χ0v) is 7.16. The van der Waals surface area contributed by atoms with Crippen molar-refractivity contribution in [1.29, 1.82) is 0 Å². The third-order valence-electron chi connectivity index (χ3n) is 1.55. The van der Waals surface area contributed by atoms with Crippen LogP contribution in [-0.2, 0) is 0 Å². The lowest BCUT2D eigenvalue weighted by Gasteiger charge is -2.01. The summed E-state index contributed by atoms with van der Waals surface area (Å²) in [7, 11) is 0. The molecule has 0 aromatic heterocycles. The van der Waals surface area contributed by atoms with E-state index in [0.717, 1.165) is 19.3 Å². The fourth-order valence-corrected chi connectivity index (χ4v) is 0.730. The Bertz CT molecular complexity index is 99.7. The lowest BCUT2D eigenvalue weighted by molar-refractivity contribution is 0.238. The molecule has 0 aromatic rings. The fourth-order valence-electron chi connectivity index (χ4n) is 0.730. The van der Waals surface area contributed by atoms with Gasteiger partial charge in [0.05, 0.1) is 0 Å². The van der Waals surface area contributed by atoms with Crippen LogP contribution in [0.5, 0.6) is 0 Å². The molecule has 11 heavy (non-hydrogen) atoms. The minimum absolute atomic E-state index is 0.254. The van der Waals surface area contributed by atoms with Gasteiger partial charge in [-0.15, -0.1) is 0 Å². The van der Waals surface area contributed by atoms with Gasteiger partial charge in [-0.05, 0) is 25.2 Å². The van der Waals surface area contributed by atoms with E-state index in [9.17, 15) is 0 Å². The van der Waals surface area contributed by atoms with Gasteiger partial charge in [-0.25, -0.2) is 0 Å². The largest absolute Gasteiger partial charge is 0.396 e. The van der Waals surface area contributed by atoms with E-state index < -0.39 is 0 Å². The molecule has 0 amide bonds. The first-order valence-corrected chi connectivity index (χ1v) is 4.18. The molecule has 66 valence electrons. The predicted octanol–water partition coefficient (Wildman–Crippen LogP) is 1.33. The van der Waals surface area contributed by atoms with Gasteiger partial charge in [0, 0.05) is 13.2 Å². The molecule has 0 saturated heterocycles. The smallest absolute Gasteiger partial charge is 0.0459 e. The highest BCUT2D eigenvalue weighted by Gasteiger charge is 1.93. The molecule has 0 saturated carbocycles. The quantitative estimate of drug-likeness (QED) is 0.452. The molecule has 0 radical (unpaired) electrons. The first-order chi connectivity index (χ1) is 5.31. The van der Waals surface area contributed by atoms with E-state index in [2.05, 4.69) is 12.2 Å². The summed E-state index contributed by atoms with van der Waals surface area (Å²) in [5.74, 6) is 0.361. The Kier molecular flexibility index (Phi) is 7.52. The number of allylic oxidation sites excluding steroid dienone is 2. The third-order valence-corrected chi connectivity index (χ3v) is 1.55. The average molecular weight is 158 g/mol. The van der Waals surface area contributed by atoms with E-state index in [4.69, 9.17) is 10.2 Å². The van der Waals surface area contributed by atoms with Crippen molar-refractivity contribution in [3.05, 3.63) is 12.2 Å². The molecule has 1 unspecified atom stereocenters. The van der Waals surface area contributed by atoms with Crippen molar-refractivity contribution >= 4 is 0 Å². The van der Waals surface area contributed by atoms with Crippen molar-refractivity contribution in [1.82, 2.24) is 0 Å². The normalized spacial score (nSPS) is 14.1. The van der Waals surface area contributed by atoms with E-state index in [1.54, 1.807) is 0 Å². The summed E-state index contributed by atoms with van der Waals surface area (Å²) in [6, 6.07) is 0. The van der Waals surface area contributed by atoms with Crippen LogP contribution in [0.1, 0.15) is 26.2 Å². The van der Waals surface area contributed by atoms with Gasteiger partial charge in [-0.1, -0.05) is 19.1 Å². The Labute approximate surface area is 68.6 Å². The van der Waals surface area contributed by atoms with Crippen LogP contribution in [0.4, 0.5) is 0 Å². The van der Waals surface area contributed by atoms with Crippen LogP contribution in [0, 0.1) is 5.92 Å². The molecule has 1 atom stereocenters.